The van der Waals surface area contributed by atoms with Crippen LogP contribution in [0.1, 0.15) is 5.56 Å². The molecule has 0 heterocycles. The molecule has 0 unspecified atom stereocenters. The topological polar surface area (TPSA) is 41.5 Å². The van der Waals surface area contributed by atoms with E-state index in [0.29, 0.717) is 11.6 Å². The van der Waals surface area contributed by atoms with E-state index >= 15 is 0 Å². The quantitative estimate of drug-likeness (QED) is 0.807. The number of nitrogens with one attached hydrogen (secondary N) is 1. The first-order valence-corrected chi connectivity index (χ1v) is 5.25. The van der Waals surface area contributed by atoms with Gasteiger partial charge in [0.1, 0.15) is 5.75 Å². The van der Waals surface area contributed by atoms with Crippen LogP contribution in [0.3, 0.4) is 0 Å². The number of phenolic OH excluding ortho intramolecular Hbond substituents is 1. The van der Waals surface area contributed by atoms with Crippen molar-refractivity contribution in [2.75, 3.05) is 7.11 Å². The number of aromatic hydroxyl groups is 1. The number of hydroxylamine groups is 1. The lowest BCUT2D eigenvalue weighted by atomic mass is 10.1. The highest BCUT2D eigenvalue weighted by molar-refractivity contribution is 6.31. The van der Waals surface area contributed by atoms with E-state index in [0.717, 1.165) is 16.3 Å². The van der Waals surface area contributed by atoms with Crippen molar-refractivity contribution < 1.29 is 9.94 Å². The molecule has 0 saturated carbocycles. The molecule has 0 amide bonds. The Kier molecular flexibility index (Phi) is 3.29. The van der Waals surface area contributed by atoms with Crippen molar-refractivity contribution in [3.05, 3.63) is 40.9 Å². The summed E-state index contributed by atoms with van der Waals surface area (Å²) < 4.78 is 0. The molecule has 0 saturated heterocycles. The predicted octanol–water partition coefficient (Wildman–Crippen LogP) is 2.85. The second-order valence-corrected chi connectivity index (χ2v) is 3.93. The Hall–Kier alpha value is -1.29. The van der Waals surface area contributed by atoms with E-state index in [1.54, 1.807) is 12.1 Å². The van der Waals surface area contributed by atoms with Crippen LogP contribution in [-0.2, 0) is 11.4 Å². The minimum absolute atomic E-state index is 0.249. The van der Waals surface area contributed by atoms with Crippen LogP contribution in [0.2, 0.25) is 5.02 Å². The van der Waals surface area contributed by atoms with E-state index in [9.17, 15) is 5.11 Å². The predicted molar refractivity (Wildman–Crippen MR) is 64.5 cm³/mol. The summed E-state index contributed by atoms with van der Waals surface area (Å²) in [5, 5.41) is 12.4. The van der Waals surface area contributed by atoms with Crippen LogP contribution in [0.5, 0.6) is 5.75 Å². The number of hydrogen-bond donors (Lipinski definition) is 2. The summed E-state index contributed by atoms with van der Waals surface area (Å²) in [5.74, 6) is 0.249. The highest BCUT2D eigenvalue weighted by Crippen LogP contribution is 2.27. The van der Waals surface area contributed by atoms with E-state index in [1.165, 1.54) is 7.11 Å². The molecule has 0 radical (unpaired) electrons. The van der Waals surface area contributed by atoms with Crippen molar-refractivity contribution >= 4 is 22.4 Å². The molecule has 0 aromatic heterocycles. The van der Waals surface area contributed by atoms with E-state index in [-0.39, 0.29) is 5.75 Å². The maximum absolute atomic E-state index is 9.78. The fourth-order valence-electron chi connectivity index (χ4n) is 1.60. The van der Waals surface area contributed by atoms with Crippen LogP contribution >= 0.6 is 11.6 Å². The highest BCUT2D eigenvalue weighted by Gasteiger charge is 2.04. The number of phenols is 1. The Morgan fingerprint density at radius 3 is 2.81 bits per heavy atom. The summed E-state index contributed by atoms with van der Waals surface area (Å²) in [7, 11) is 1.54. The largest absolute Gasteiger partial charge is 0.508 e. The lowest BCUT2D eigenvalue weighted by molar-refractivity contribution is 0.0862. The Labute approximate surface area is 98.6 Å². The van der Waals surface area contributed by atoms with Crippen molar-refractivity contribution in [2.45, 2.75) is 6.54 Å². The summed E-state index contributed by atoms with van der Waals surface area (Å²) in [6.45, 7) is 0.449. The van der Waals surface area contributed by atoms with Gasteiger partial charge in [-0.3, -0.25) is 0 Å². The molecule has 2 rings (SSSR count). The van der Waals surface area contributed by atoms with Crippen molar-refractivity contribution in [1.29, 1.82) is 0 Å². The van der Waals surface area contributed by atoms with Crippen molar-refractivity contribution in [3.63, 3.8) is 0 Å². The van der Waals surface area contributed by atoms with Gasteiger partial charge in [-0.05, 0) is 35.0 Å². The fraction of sp³-hybridized carbons (Fsp3) is 0.167. The minimum atomic E-state index is 0.249. The molecule has 0 aliphatic heterocycles. The highest BCUT2D eigenvalue weighted by atomic mass is 35.5. The van der Waals surface area contributed by atoms with Crippen molar-refractivity contribution in [1.82, 2.24) is 5.48 Å². The maximum Gasteiger partial charge on any atom is 0.120 e. The average molecular weight is 238 g/mol. The van der Waals surface area contributed by atoms with Gasteiger partial charge in [-0.25, -0.2) is 0 Å². The summed E-state index contributed by atoms with van der Waals surface area (Å²) in [5.41, 5.74) is 3.47. The summed E-state index contributed by atoms with van der Waals surface area (Å²) in [6.07, 6.45) is 0. The molecule has 2 aromatic carbocycles. The van der Waals surface area contributed by atoms with Crippen LogP contribution in [0.4, 0.5) is 0 Å². The SMILES string of the molecule is CONCc1cc2cc(Cl)ccc2cc1O. The van der Waals surface area contributed by atoms with Crippen LogP contribution < -0.4 is 5.48 Å². The van der Waals surface area contributed by atoms with E-state index in [4.69, 9.17) is 16.4 Å². The molecule has 2 aromatic rings. The normalized spacial score (nSPS) is 10.9. The number of hydrogen-bond acceptors (Lipinski definition) is 3. The van der Waals surface area contributed by atoms with Crippen molar-refractivity contribution in [3.8, 4) is 5.75 Å². The molecule has 0 atom stereocenters. The lowest BCUT2D eigenvalue weighted by Crippen LogP contribution is -2.10. The van der Waals surface area contributed by atoms with E-state index < -0.39 is 0 Å². The first-order valence-electron chi connectivity index (χ1n) is 4.87. The van der Waals surface area contributed by atoms with Gasteiger partial charge in [0.05, 0.1) is 7.11 Å². The summed E-state index contributed by atoms with van der Waals surface area (Å²) in [6, 6.07) is 9.16. The molecule has 3 nitrogen and oxygen atoms in total. The molecule has 4 heteroatoms. The van der Waals surface area contributed by atoms with Gasteiger partial charge in [0, 0.05) is 17.1 Å². The number of benzene rings is 2. The molecule has 0 aliphatic rings. The molecule has 84 valence electrons. The van der Waals surface area contributed by atoms with Gasteiger partial charge in [-0.15, -0.1) is 0 Å². The van der Waals surface area contributed by atoms with Crippen LogP contribution in [0.25, 0.3) is 10.8 Å². The number of rotatable bonds is 3. The van der Waals surface area contributed by atoms with Crippen LogP contribution in [-0.4, -0.2) is 12.2 Å². The summed E-state index contributed by atoms with van der Waals surface area (Å²) in [4.78, 5) is 4.75. The molecule has 16 heavy (non-hydrogen) atoms. The molecule has 0 fully saturated rings. The van der Waals surface area contributed by atoms with Gasteiger partial charge >= 0.3 is 0 Å². The Bertz CT molecular complexity index is 514. The Morgan fingerprint density at radius 1 is 1.25 bits per heavy atom. The van der Waals surface area contributed by atoms with E-state index in [1.807, 2.05) is 18.2 Å². The smallest absolute Gasteiger partial charge is 0.120 e. The van der Waals surface area contributed by atoms with E-state index in [2.05, 4.69) is 5.48 Å². The Balaban J connectivity index is 2.46. The first kappa shape index (κ1) is 11.2. The van der Waals surface area contributed by atoms with Crippen molar-refractivity contribution in [2.24, 2.45) is 0 Å². The van der Waals surface area contributed by atoms with Gasteiger partial charge in [-0.1, -0.05) is 17.7 Å². The number of fused-ring (bicyclic) bond motifs is 1. The minimum Gasteiger partial charge on any atom is -0.508 e. The third-order valence-electron chi connectivity index (χ3n) is 2.41. The summed E-state index contributed by atoms with van der Waals surface area (Å²) >= 11 is 5.91. The molecule has 0 bridgehead atoms. The second kappa shape index (κ2) is 4.70. The number of halogens is 1. The molecule has 0 spiro atoms. The van der Waals surface area contributed by atoms with Crippen LogP contribution in [0.15, 0.2) is 30.3 Å². The zero-order valence-corrected chi connectivity index (χ0v) is 9.58. The van der Waals surface area contributed by atoms with Gasteiger partial charge in [0.25, 0.3) is 0 Å². The second-order valence-electron chi connectivity index (χ2n) is 3.50. The standard InChI is InChI=1S/C12H12ClNO2/c1-16-14-7-10-4-9-5-11(13)3-2-8(9)6-12(10)15/h2-6,14-15H,7H2,1H3. The lowest BCUT2D eigenvalue weighted by Gasteiger charge is -2.07. The van der Waals surface area contributed by atoms with Crippen LogP contribution in [0, 0.1) is 0 Å². The monoisotopic (exact) mass is 237 g/mol. The zero-order chi connectivity index (χ0) is 11.5. The zero-order valence-electron chi connectivity index (χ0n) is 8.83. The maximum atomic E-state index is 9.78. The molecular formula is C12H12ClNO2. The Morgan fingerprint density at radius 2 is 2.06 bits per heavy atom. The van der Waals surface area contributed by atoms with Gasteiger partial charge in [0.2, 0.25) is 0 Å². The van der Waals surface area contributed by atoms with Gasteiger partial charge < -0.3 is 9.94 Å². The van der Waals surface area contributed by atoms with Gasteiger partial charge in [0.15, 0.2) is 0 Å². The average Bonchev–Trinajstić information content (AvgIpc) is 2.27. The fourth-order valence-corrected chi connectivity index (χ4v) is 1.78. The third-order valence-corrected chi connectivity index (χ3v) is 2.64. The molecule has 2 N–H and O–H groups in total. The molecular weight excluding hydrogens is 226 g/mol. The first-order chi connectivity index (χ1) is 7.70. The molecule has 0 aliphatic carbocycles. The van der Waals surface area contributed by atoms with Gasteiger partial charge in [-0.2, -0.15) is 5.48 Å². The third kappa shape index (κ3) is 2.27.